The molecule has 0 spiro atoms. The summed E-state index contributed by atoms with van der Waals surface area (Å²) in [5.74, 6) is 1.39. The number of ether oxygens (including phenoxy) is 2. The van der Waals surface area contributed by atoms with Gasteiger partial charge in [0.25, 0.3) is 0 Å². The second-order valence-corrected chi connectivity index (χ2v) is 7.28. The second-order valence-electron chi connectivity index (χ2n) is 5.87. The van der Waals surface area contributed by atoms with Crippen molar-refractivity contribution < 1.29 is 9.47 Å². The Hall–Kier alpha value is -2.01. The first kappa shape index (κ1) is 16.5. The van der Waals surface area contributed by atoms with E-state index in [1.165, 1.54) is 16.0 Å². The predicted octanol–water partition coefficient (Wildman–Crippen LogP) is 5.13. The molecule has 0 amide bonds. The van der Waals surface area contributed by atoms with Crippen LogP contribution >= 0.6 is 22.9 Å². The standard InChI is InChI=1S/C20H18ClNO2S/c21-18-8-14(9-19-20(18)24-7-6-23-19)11-22-12-17-10-16(13-25-17)15-4-2-1-3-5-15/h1-5,8-10,13,22H,6-7,11-12H2. The molecule has 0 bridgehead atoms. The lowest BCUT2D eigenvalue weighted by atomic mass is 10.1. The van der Waals surface area contributed by atoms with Gasteiger partial charge in [-0.3, -0.25) is 0 Å². The molecule has 128 valence electrons. The highest BCUT2D eigenvalue weighted by atomic mass is 35.5. The van der Waals surface area contributed by atoms with Crippen molar-refractivity contribution in [3.05, 3.63) is 69.4 Å². The topological polar surface area (TPSA) is 30.5 Å². The molecule has 0 saturated carbocycles. The van der Waals surface area contributed by atoms with Gasteiger partial charge in [-0.15, -0.1) is 11.3 Å². The number of thiophene rings is 1. The van der Waals surface area contributed by atoms with E-state index >= 15 is 0 Å². The molecule has 3 aromatic rings. The van der Waals surface area contributed by atoms with E-state index in [0.717, 1.165) is 24.4 Å². The van der Waals surface area contributed by atoms with Gasteiger partial charge in [-0.05, 0) is 40.3 Å². The van der Waals surface area contributed by atoms with Crippen LogP contribution in [0.4, 0.5) is 0 Å². The summed E-state index contributed by atoms with van der Waals surface area (Å²) in [4.78, 5) is 1.31. The zero-order valence-electron chi connectivity index (χ0n) is 13.6. The third-order valence-corrected chi connectivity index (χ3v) is 5.26. The van der Waals surface area contributed by atoms with Crippen LogP contribution < -0.4 is 14.8 Å². The average Bonchev–Trinajstić information content (AvgIpc) is 3.12. The van der Waals surface area contributed by atoms with Gasteiger partial charge >= 0.3 is 0 Å². The summed E-state index contributed by atoms with van der Waals surface area (Å²) in [5, 5.41) is 6.28. The van der Waals surface area contributed by atoms with Gasteiger partial charge in [0.1, 0.15) is 13.2 Å². The summed E-state index contributed by atoms with van der Waals surface area (Å²) in [6.45, 7) is 2.67. The van der Waals surface area contributed by atoms with Crippen molar-refractivity contribution in [1.29, 1.82) is 0 Å². The van der Waals surface area contributed by atoms with E-state index in [4.69, 9.17) is 21.1 Å². The van der Waals surface area contributed by atoms with Crippen LogP contribution in [-0.2, 0) is 13.1 Å². The molecule has 3 nitrogen and oxygen atoms in total. The Bertz CT molecular complexity index is 863. The summed E-state index contributed by atoms with van der Waals surface area (Å²) >= 11 is 8.06. The van der Waals surface area contributed by atoms with Gasteiger partial charge in [-0.2, -0.15) is 0 Å². The number of nitrogens with one attached hydrogen (secondary N) is 1. The SMILES string of the molecule is Clc1cc(CNCc2cc(-c3ccccc3)cs2)cc2c1OCCO2. The van der Waals surface area contributed by atoms with Crippen LogP contribution in [-0.4, -0.2) is 13.2 Å². The molecule has 2 aromatic carbocycles. The molecule has 0 aliphatic carbocycles. The van der Waals surface area contributed by atoms with Crippen molar-refractivity contribution in [2.24, 2.45) is 0 Å². The Morgan fingerprint density at radius 2 is 1.80 bits per heavy atom. The number of hydrogen-bond acceptors (Lipinski definition) is 4. The molecule has 1 aliphatic heterocycles. The van der Waals surface area contributed by atoms with E-state index in [9.17, 15) is 0 Å². The molecular formula is C20H18ClNO2S. The minimum atomic E-state index is 0.548. The van der Waals surface area contributed by atoms with E-state index in [2.05, 4.69) is 41.0 Å². The Labute approximate surface area is 156 Å². The van der Waals surface area contributed by atoms with Gasteiger partial charge in [-0.1, -0.05) is 41.9 Å². The van der Waals surface area contributed by atoms with Crippen LogP contribution in [0.5, 0.6) is 11.5 Å². The van der Waals surface area contributed by atoms with Crippen molar-refractivity contribution in [2.75, 3.05) is 13.2 Å². The molecule has 1 N–H and O–H groups in total. The molecule has 0 fully saturated rings. The molecule has 0 saturated heterocycles. The Morgan fingerprint density at radius 1 is 0.960 bits per heavy atom. The molecule has 2 heterocycles. The van der Waals surface area contributed by atoms with Gasteiger partial charge in [0.05, 0.1) is 5.02 Å². The zero-order valence-corrected chi connectivity index (χ0v) is 15.2. The second kappa shape index (κ2) is 7.48. The highest BCUT2D eigenvalue weighted by molar-refractivity contribution is 7.10. The first-order chi connectivity index (χ1) is 12.3. The lowest BCUT2D eigenvalue weighted by Crippen LogP contribution is -2.17. The molecule has 0 unspecified atom stereocenters. The predicted molar refractivity (Wildman–Crippen MR) is 103 cm³/mol. The highest BCUT2D eigenvalue weighted by Crippen LogP contribution is 2.38. The van der Waals surface area contributed by atoms with Crippen molar-refractivity contribution in [3.63, 3.8) is 0 Å². The fourth-order valence-electron chi connectivity index (χ4n) is 2.85. The Balaban J connectivity index is 1.38. The average molecular weight is 372 g/mol. The lowest BCUT2D eigenvalue weighted by Gasteiger charge is -2.20. The quantitative estimate of drug-likeness (QED) is 0.674. The Morgan fingerprint density at radius 3 is 2.68 bits per heavy atom. The van der Waals surface area contributed by atoms with Crippen molar-refractivity contribution in [2.45, 2.75) is 13.1 Å². The fraction of sp³-hybridized carbons (Fsp3) is 0.200. The first-order valence-electron chi connectivity index (χ1n) is 8.21. The van der Waals surface area contributed by atoms with Crippen molar-refractivity contribution >= 4 is 22.9 Å². The third-order valence-electron chi connectivity index (χ3n) is 4.05. The number of halogens is 1. The van der Waals surface area contributed by atoms with Crippen LogP contribution in [0, 0.1) is 0 Å². The summed E-state index contributed by atoms with van der Waals surface area (Å²) in [5.41, 5.74) is 3.61. The minimum Gasteiger partial charge on any atom is -0.486 e. The van der Waals surface area contributed by atoms with Crippen molar-refractivity contribution in [3.8, 4) is 22.6 Å². The van der Waals surface area contributed by atoms with Gasteiger partial charge in [0.2, 0.25) is 0 Å². The maximum atomic E-state index is 6.28. The maximum absolute atomic E-state index is 6.28. The molecule has 4 rings (SSSR count). The summed E-state index contributed by atoms with van der Waals surface area (Å²) in [7, 11) is 0. The third kappa shape index (κ3) is 3.82. The molecule has 1 aromatic heterocycles. The molecular weight excluding hydrogens is 354 g/mol. The van der Waals surface area contributed by atoms with E-state index in [1.807, 2.05) is 18.2 Å². The number of rotatable bonds is 5. The van der Waals surface area contributed by atoms with Crippen LogP contribution in [0.25, 0.3) is 11.1 Å². The summed E-state index contributed by atoms with van der Waals surface area (Å²) in [6, 6.07) is 16.6. The van der Waals surface area contributed by atoms with Gasteiger partial charge < -0.3 is 14.8 Å². The molecule has 25 heavy (non-hydrogen) atoms. The van der Waals surface area contributed by atoms with E-state index in [-0.39, 0.29) is 0 Å². The monoisotopic (exact) mass is 371 g/mol. The number of benzene rings is 2. The lowest BCUT2D eigenvalue weighted by molar-refractivity contribution is 0.171. The largest absolute Gasteiger partial charge is 0.486 e. The van der Waals surface area contributed by atoms with Gasteiger partial charge in [-0.25, -0.2) is 0 Å². The van der Waals surface area contributed by atoms with Gasteiger partial charge in [0, 0.05) is 18.0 Å². The highest BCUT2D eigenvalue weighted by Gasteiger charge is 2.16. The Kier molecular flexibility index (Phi) is 4.92. The zero-order chi connectivity index (χ0) is 17.1. The van der Waals surface area contributed by atoms with Gasteiger partial charge in [0.15, 0.2) is 11.5 Å². The van der Waals surface area contributed by atoms with E-state index in [1.54, 1.807) is 11.3 Å². The molecule has 1 aliphatic rings. The van der Waals surface area contributed by atoms with Crippen LogP contribution in [0.2, 0.25) is 5.02 Å². The summed E-state index contributed by atoms with van der Waals surface area (Å²) < 4.78 is 11.2. The van der Waals surface area contributed by atoms with E-state index in [0.29, 0.717) is 24.0 Å². The summed E-state index contributed by atoms with van der Waals surface area (Å²) in [6.07, 6.45) is 0. The molecule has 5 heteroatoms. The number of fused-ring (bicyclic) bond motifs is 1. The van der Waals surface area contributed by atoms with E-state index < -0.39 is 0 Å². The molecule has 0 radical (unpaired) electrons. The molecule has 0 atom stereocenters. The van der Waals surface area contributed by atoms with Crippen LogP contribution in [0.1, 0.15) is 10.4 Å². The maximum Gasteiger partial charge on any atom is 0.179 e. The minimum absolute atomic E-state index is 0.548. The van der Waals surface area contributed by atoms with Crippen molar-refractivity contribution in [1.82, 2.24) is 5.32 Å². The number of hydrogen-bond donors (Lipinski definition) is 1. The fourth-order valence-corrected chi connectivity index (χ4v) is 4.00. The first-order valence-corrected chi connectivity index (χ1v) is 9.47. The smallest absolute Gasteiger partial charge is 0.179 e. The van der Waals surface area contributed by atoms with Crippen LogP contribution in [0.3, 0.4) is 0 Å². The normalized spacial score (nSPS) is 13.0. The van der Waals surface area contributed by atoms with Crippen LogP contribution in [0.15, 0.2) is 53.9 Å².